The van der Waals surface area contributed by atoms with Crippen molar-refractivity contribution in [2.45, 2.75) is 29.6 Å². The Hall–Kier alpha value is -4.34. The largest absolute Gasteiger partial charge is 0.350 e. The molecule has 2 N–H and O–H groups in total. The summed E-state index contributed by atoms with van der Waals surface area (Å²) >= 11 is 1.15. The molecule has 0 radical (unpaired) electrons. The SMILES string of the molecule is CC(C)c1ccc(NC2=C(Sc3ccc(NS(=O)(=O)c4ccccc4)cc3)C(=O)N(c3ccccc3)C2=O)cc1. The molecule has 7 nitrogen and oxygen atoms in total. The highest BCUT2D eigenvalue weighted by molar-refractivity contribution is 8.04. The zero-order valence-corrected chi connectivity index (χ0v) is 23.5. The van der Waals surface area contributed by atoms with E-state index in [4.69, 9.17) is 0 Å². The molecule has 2 amide bonds. The summed E-state index contributed by atoms with van der Waals surface area (Å²) in [5.74, 6) is -0.516. The van der Waals surface area contributed by atoms with E-state index in [0.29, 0.717) is 27.9 Å². The van der Waals surface area contributed by atoms with Crippen molar-refractivity contribution in [1.82, 2.24) is 0 Å². The minimum absolute atomic E-state index is 0.159. The second-order valence-corrected chi connectivity index (χ2v) is 12.2. The summed E-state index contributed by atoms with van der Waals surface area (Å²) in [6.07, 6.45) is 0. The molecule has 4 aromatic carbocycles. The lowest BCUT2D eigenvalue weighted by Crippen LogP contribution is -2.32. The number of hydrogen-bond acceptors (Lipinski definition) is 6. The zero-order chi connectivity index (χ0) is 28.3. The van der Waals surface area contributed by atoms with E-state index >= 15 is 0 Å². The van der Waals surface area contributed by atoms with Gasteiger partial charge >= 0.3 is 0 Å². The van der Waals surface area contributed by atoms with E-state index in [-0.39, 0.29) is 15.5 Å². The fraction of sp³-hybridized carbons (Fsp3) is 0.0968. The van der Waals surface area contributed by atoms with Crippen LogP contribution in [-0.2, 0) is 19.6 Å². The average Bonchev–Trinajstić information content (AvgIpc) is 3.19. The summed E-state index contributed by atoms with van der Waals surface area (Å²) in [6.45, 7) is 4.21. The molecule has 1 heterocycles. The number of rotatable bonds is 9. The predicted octanol–water partition coefficient (Wildman–Crippen LogP) is 6.60. The van der Waals surface area contributed by atoms with Gasteiger partial charge in [0.25, 0.3) is 21.8 Å². The molecule has 9 heteroatoms. The first kappa shape index (κ1) is 27.2. The van der Waals surface area contributed by atoms with Gasteiger partial charge in [-0.25, -0.2) is 13.3 Å². The molecule has 0 spiro atoms. The maximum atomic E-state index is 13.6. The third-order valence-electron chi connectivity index (χ3n) is 6.28. The number of anilines is 3. The Morgan fingerprint density at radius 2 is 1.27 bits per heavy atom. The maximum Gasteiger partial charge on any atom is 0.283 e. The van der Waals surface area contributed by atoms with Crippen LogP contribution in [0.2, 0.25) is 0 Å². The van der Waals surface area contributed by atoms with Crippen molar-refractivity contribution in [2.75, 3.05) is 14.9 Å². The van der Waals surface area contributed by atoms with Gasteiger partial charge in [-0.1, -0.05) is 74.1 Å². The molecule has 202 valence electrons. The second kappa shape index (κ2) is 11.4. The van der Waals surface area contributed by atoms with Crippen LogP contribution < -0.4 is 14.9 Å². The summed E-state index contributed by atoms with van der Waals surface area (Å²) in [6, 6.07) is 31.3. The molecule has 1 aliphatic heterocycles. The highest BCUT2D eigenvalue weighted by atomic mass is 32.2. The molecule has 0 fully saturated rings. The Morgan fingerprint density at radius 1 is 0.700 bits per heavy atom. The number of carbonyl (C=O) groups excluding carboxylic acids is 2. The standard InChI is InChI=1S/C31H27N3O4S2/c1-21(2)22-13-15-23(16-14-22)32-28-29(31(36)34(30(28)35)25-9-5-3-6-10-25)39-26-19-17-24(18-20-26)33-40(37,38)27-11-7-4-8-12-27/h3-21,32-33H,1-2H3. The van der Waals surface area contributed by atoms with Crippen molar-refractivity contribution in [1.29, 1.82) is 0 Å². The highest BCUT2D eigenvalue weighted by Gasteiger charge is 2.40. The summed E-state index contributed by atoms with van der Waals surface area (Å²) in [5.41, 5.74) is 2.90. The van der Waals surface area contributed by atoms with Crippen LogP contribution in [0, 0.1) is 0 Å². The van der Waals surface area contributed by atoms with E-state index < -0.39 is 21.8 Å². The van der Waals surface area contributed by atoms with Gasteiger partial charge in [0.05, 0.1) is 10.6 Å². The fourth-order valence-corrected chi connectivity index (χ4v) is 6.15. The van der Waals surface area contributed by atoms with Gasteiger partial charge in [-0.2, -0.15) is 0 Å². The number of hydrogen-bond donors (Lipinski definition) is 2. The lowest BCUT2D eigenvalue weighted by molar-refractivity contribution is -0.120. The number of benzene rings is 4. The van der Waals surface area contributed by atoms with E-state index in [1.807, 2.05) is 30.3 Å². The molecule has 0 atom stereocenters. The number of carbonyl (C=O) groups is 2. The number of thioether (sulfide) groups is 1. The molecule has 4 aromatic rings. The molecule has 0 aromatic heterocycles. The Bertz CT molecular complexity index is 1670. The van der Waals surface area contributed by atoms with Crippen molar-refractivity contribution >= 4 is 50.7 Å². The number of nitrogens with zero attached hydrogens (tertiary/aromatic N) is 1. The third kappa shape index (κ3) is 5.80. The topological polar surface area (TPSA) is 95.6 Å². The summed E-state index contributed by atoms with van der Waals surface area (Å²) in [4.78, 5) is 29.3. The van der Waals surface area contributed by atoms with E-state index in [2.05, 4.69) is 23.9 Å². The van der Waals surface area contributed by atoms with E-state index in [1.54, 1.807) is 66.7 Å². The van der Waals surface area contributed by atoms with Crippen LogP contribution in [0.5, 0.6) is 0 Å². The smallest absolute Gasteiger partial charge is 0.283 e. The van der Waals surface area contributed by atoms with Gasteiger partial charge in [0.1, 0.15) is 10.6 Å². The minimum Gasteiger partial charge on any atom is -0.350 e. The van der Waals surface area contributed by atoms with E-state index in [0.717, 1.165) is 22.2 Å². The lowest BCUT2D eigenvalue weighted by atomic mass is 10.0. The molecule has 0 saturated heterocycles. The van der Waals surface area contributed by atoms with Crippen LogP contribution in [0.3, 0.4) is 0 Å². The van der Waals surface area contributed by atoms with Crippen molar-refractivity contribution < 1.29 is 18.0 Å². The fourth-order valence-electron chi connectivity index (χ4n) is 4.14. The van der Waals surface area contributed by atoms with Crippen LogP contribution in [0.1, 0.15) is 25.3 Å². The Morgan fingerprint density at radius 3 is 1.88 bits per heavy atom. The first-order valence-electron chi connectivity index (χ1n) is 12.6. The average molecular weight is 570 g/mol. The third-order valence-corrected chi connectivity index (χ3v) is 8.77. The first-order valence-corrected chi connectivity index (χ1v) is 14.9. The quantitative estimate of drug-likeness (QED) is 0.221. The molecule has 0 unspecified atom stereocenters. The van der Waals surface area contributed by atoms with Gasteiger partial charge in [-0.05, 0) is 72.1 Å². The van der Waals surface area contributed by atoms with Gasteiger partial charge in [-0.15, -0.1) is 0 Å². The Labute approximate surface area is 238 Å². The molecule has 5 rings (SSSR count). The maximum absolute atomic E-state index is 13.6. The lowest BCUT2D eigenvalue weighted by Gasteiger charge is -2.15. The number of nitrogens with one attached hydrogen (secondary N) is 2. The highest BCUT2D eigenvalue weighted by Crippen LogP contribution is 2.38. The number of amides is 2. The van der Waals surface area contributed by atoms with Crippen LogP contribution in [0.15, 0.2) is 130 Å². The van der Waals surface area contributed by atoms with Crippen LogP contribution >= 0.6 is 11.8 Å². The number of para-hydroxylation sites is 1. The number of imide groups is 1. The monoisotopic (exact) mass is 569 g/mol. The zero-order valence-electron chi connectivity index (χ0n) is 21.9. The van der Waals surface area contributed by atoms with Crippen LogP contribution in [-0.4, -0.2) is 20.2 Å². The molecule has 40 heavy (non-hydrogen) atoms. The van der Waals surface area contributed by atoms with Crippen LogP contribution in [0.25, 0.3) is 0 Å². The first-order chi connectivity index (χ1) is 19.2. The van der Waals surface area contributed by atoms with E-state index in [1.165, 1.54) is 12.1 Å². The van der Waals surface area contributed by atoms with Crippen molar-refractivity contribution in [3.63, 3.8) is 0 Å². The molecule has 0 bridgehead atoms. The van der Waals surface area contributed by atoms with Crippen molar-refractivity contribution in [3.05, 3.63) is 125 Å². The number of sulfonamides is 1. The van der Waals surface area contributed by atoms with Gasteiger partial charge < -0.3 is 5.32 Å². The summed E-state index contributed by atoms with van der Waals surface area (Å²) in [7, 11) is -3.74. The molecule has 0 aliphatic carbocycles. The van der Waals surface area contributed by atoms with E-state index in [9.17, 15) is 18.0 Å². The summed E-state index contributed by atoms with van der Waals surface area (Å²) < 4.78 is 27.9. The van der Waals surface area contributed by atoms with Crippen molar-refractivity contribution in [2.24, 2.45) is 0 Å². The van der Waals surface area contributed by atoms with Gasteiger partial charge in [0.2, 0.25) is 0 Å². The molecular weight excluding hydrogens is 542 g/mol. The molecule has 1 aliphatic rings. The summed E-state index contributed by atoms with van der Waals surface area (Å²) in [5, 5.41) is 3.17. The second-order valence-electron chi connectivity index (χ2n) is 9.43. The van der Waals surface area contributed by atoms with Crippen LogP contribution in [0.4, 0.5) is 17.1 Å². The molecular formula is C31H27N3O4S2. The van der Waals surface area contributed by atoms with Gasteiger partial charge in [-0.3, -0.25) is 14.3 Å². The Balaban J connectivity index is 1.42. The minimum atomic E-state index is -3.74. The molecule has 0 saturated carbocycles. The Kier molecular flexibility index (Phi) is 7.77. The van der Waals surface area contributed by atoms with Crippen molar-refractivity contribution in [3.8, 4) is 0 Å². The van der Waals surface area contributed by atoms with Gasteiger partial charge in [0.15, 0.2) is 0 Å². The predicted molar refractivity (Wildman–Crippen MR) is 160 cm³/mol. The normalized spacial score (nSPS) is 13.7. The van der Waals surface area contributed by atoms with Gasteiger partial charge in [0, 0.05) is 16.3 Å².